The van der Waals surface area contributed by atoms with Crippen LogP contribution in [0.2, 0.25) is 0 Å². The number of aliphatic imine (C=N–C) groups is 1. The van der Waals surface area contributed by atoms with Gasteiger partial charge >= 0.3 is 0 Å². The first-order valence-electron chi connectivity index (χ1n) is 12.2. The van der Waals surface area contributed by atoms with Crippen molar-refractivity contribution in [3.8, 4) is 5.75 Å². The third-order valence-electron chi connectivity index (χ3n) is 6.54. The largest absolute Gasteiger partial charge is 0.494 e. The summed E-state index contributed by atoms with van der Waals surface area (Å²) < 4.78 is 5.81. The first-order chi connectivity index (χ1) is 16.7. The highest BCUT2D eigenvalue weighted by atomic mass is 16.5. The summed E-state index contributed by atoms with van der Waals surface area (Å²) in [6.45, 7) is 5.27. The summed E-state index contributed by atoms with van der Waals surface area (Å²) in [5.74, 6) is 0.796. The highest BCUT2D eigenvalue weighted by Gasteiger charge is 2.35. The Morgan fingerprint density at radius 2 is 1.68 bits per heavy atom. The molecule has 5 rings (SSSR count). The van der Waals surface area contributed by atoms with Gasteiger partial charge in [0.2, 0.25) is 0 Å². The summed E-state index contributed by atoms with van der Waals surface area (Å²) in [7, 11) is 0. The van der Waals surface area contributed by atoms with Crippen molar-refractivity contribution >= 4 is 23.0 Å². The lowest BCUT2D eigenvalue weighted by atomic mass is 10.0. The topological polar surface area (TPSA) is 45.1 Å². The monoisotopic (exact) mass is 453 g/mol. The second kappa shape index (κ2) is 10.2. The van der Waals surface area contributed by atoms with E-state index in [-0.39, 0.29) is 5.91 Å². The van der Waals surface area contributed by atoms with E-state index >= 15 is 0 Å². The summed E-state index contributed by atoms with van der Waals surface area (Å²) >= 11 is 0. The van der Waals surface area contributed by atoms with Gasteiger partial charge in [-0.05, 0) is 54.3 Å². The number of carbonyl (C=O) groups excluding carboxylic acids is 1. The average molecular weight is 454 g/mol. The molecule has 174 valence electrons. The molecule has 34 heavy (non-hydrogen) atoms. The van der Waals surface area contributed by atoms with E-state index in [2.05, 4.69) is 36.1 Å². The molecule has 0 saturated carbocycles. The molecular weight excluding hydrogens is 422 g/mol. The first-order valence-corrected chi connectivity index (χ1v) is 12.2. The average Bonchev–Trinajstić information content (AvgIpc) is 3.13. The van der Waals surface area contributed by atoms with Gasteiger partial charge in [0.1, 0.15) is 11.5 Å². The van der Waals surface area contributed by atoms with Crippen LogP contribution < -0.4 is 9.64 Å². The van der Waals surface area contributed by atoms with E-state index in [4.69, 9.17) is 9.73 Å². The third kappa shape index (κ3) is 4.75. The Morgan fingerprint density at radius 3 is 2.50 bits per heavy atom. The van der Waals surface area contributed by atoms with Crippen LogP contribution in [0, 0.1) is 0 Å². The molecule has 3 aromatic rings. The standard InChI is InChI=1S/C29H31N3O2/c1-2-3-8-19-34-25-15-13-24(14-16-25)30-28-26-11-6-7-12-27(26)32(29(28)33)21-31-18-17-22-9-4-5-10-23(22)20-31/h4-7,9-16H,2-3,8,17-21H2,1H3. The first kappa shape index (κ1) is 22.4. The third-order valence-corrected chi connectivity index (χ3v) is 6.54. The van der Waals surface area contributed by atoms with Gasteiger partial charge in [-0.15, -0.1) is 0 Å². The molecule has 0 unspecified atom stereocenters. The summed E-state index contributed by atoms with van der Waals surface area (Å²) in [6, 6.07) is 24.2. The molecule has 3 aromatic carbocycles. The van der Waals surface area contributed by atoms with Gasteiger partial charge in [-0.25, -0.2) is 4.99 Å². The van der Waals surface area contributed by atoms with Gasteiger partial charge in [0, 0.05) is 18.7 Å². The second-order valence-corrected chi connectivity index (χ2v) is 8.97. The highest BCUT2D eigenvalue weighted by molar-refractivity contribution is 6.54. The van der Waals surface area contributed by atoms with Crippen LogP contribution in [0.5, 0.6) is 5.75 Å². The van der Waals surface area contributed by atoms with Gasteiger partial charge in [-0.1, -0.05) is 62.2 Å². The molecule has 2 heterocycles. The predicted molar refractivity (Wildman–Crippen MR) is 137 cm³/mol. The van der Waals surface area contributed by atoms with E-state index in [9.17, 15) is 4.79 Å². The van der Waals surface area contributed by atoms with Crippen molar-refractivity contribution < 1.29 is 9.53 Å². The Kier molecular flexibility index (Phi) is 6.72. The van der Waals surface area contributed by atoms with Gasteiger partial charge in [-0.2, -0.15) is 0 Å². The molecule has 0 aromatic heterocycles. The number of ether oxygens (including phenoxy) is 1. The fraction of sp³-hybridized carbons (Fsp3) is 0.310. The predicted octanol–water partition coefficient (Wildman–Crippen LogP) is 5.74. The number of nitrogens with zero attached hydrogens (tertiary/aromatic N) is 3. The summed E-state index contributed by atoms with van der Waals surface area (Å²) in [6.07, 6.45) is 4.42. The Labute approximate surface area is 201 Å². The van der Waals surface area contributed by atoms with E-state index in [1.54, 1.807) is 0 Å². The van der Waals surface area contributed by atoms with E-state index in [0.717, 1.165) is 55.2 Å². The number of para-hydroxylation sites is 1. The van der Waals surface area contributed by atoms with Gasteiger partial charge in [0.05, 0.1) is 24.7 Å². The lowest BCUT2D eigenvalue weighted by Crippen LogP contribution is -2.43. The molecular formula is C29H31N3O2. The number of fused-ring (bicyclic) bond motifs is 2. The molecule has 2 aliphatic rings. The van der Waals surface area contributed by atoms with Crippen molar-refractivity contribution in [3.05, 3.63) is 89.5 Å². The maximum Gasteiger partial charge on any atom is 0.278 e. The van der Waals surface area contributed by atoms with Gasteiger partial charge < -0.3 is 4.74 Å². The van der Waals surface area contributed by atoms with Crippen LogP contribution in [-0.2, 0) is 17.8 Å². The zero-order chi connectivity index (χ0) is 23.3. The minimum atomic E-state index is -0.0417. The Hall–Kier alpha value is -3.44. The Balaban J connectivity index is 1.32. The normalized spacial score (nSPS) is 16.6. The SMILES string of the molecule is CCCCCOc1ccc(N=C2C(=O)N(CN3CCc4ccccc4C3)c3ccccc32)cc1. The molecule has 0 atom stereocenters. The molecule has 0 N–H and O–H groups in total. The molecule has 5 nitrogen and oxygen atoms in total. The number of amides is 1. The summed E-state index contributed by atoms with van der Waals surface area (Å²) in [5, 5.41) is 0. The molecule has 0 aliphatic carbocycles. The molecule has 2 aliphatic heterocycles. The van der Waals surface area contributed by atoms with Crippen LogP contribution >= 0.6 is 0 Å². The lowest BCUT2D eigenvalue weighted by Gasteiger charge is -2.32. The van der Waals surface area contributed by atoms with E-state index in [1.807, 2.05) is 53.4 Å². The zero-order valence-corrected chi connectivity index (χ0v) is 19.7. The van der Waals surface area contributed by atoms with E-state index in [1.165, 1.54) is 24.0 Å². The molecule has 0 radical (unpaired) electrons. The van der Waals surface area contributed by atoms with Crippen LogP contribution in [0.1, 0.15) is 42.9 Å². The van der Waals surface area contributed by atoms with Crippen LogP contribution in [0.15, 0.2) is 77.8 Å². The van der Waals surface area contributed by atoms with Crippen LogP contribution in [0.3, 0.4) is 0 Å². The fourth-order valence-corrected chi connectivity index (χ4v) is 4.67. The number of benzene rings is 3. The van der Waals surface area contributed by atoms with Crippen LogP contribution in [0.25, 0.3) is 0 Å². The quantitative estimate of drug-likeness (QED) is 0.409. The van der Waals surface area contributed by atoms with Crippen molar-refractivity contribution in [2.75, 3.05) is 24.7 Å². The minimum absolute atomic E-state index is 0.0417. The van der Waals surface area contributed by atoms with Crippen LogP contribution in [0.4, 0.5) is 11.4 Å². The summed E-state index contributed by atoms with van der Waals surface area (Å²) in [4.78, 5) is 22.5. The molecule has 5 heteroatoms. The van der Waals surface area contributed by atoms with Crippen molar-refractivity contribution in [2.45, 2.75) is 39.2 Å². The highest BCUT2D eigenvalue weighted by Crippen LogP contribution is 2.32. The second-order valence-electron chi connectivity index (χ2n) is 8.97. The van der Waals surface area contributed by atoms with Crippen molar-refractivity contribution in [1.29, 1.82) is 0 Å². The van der Waals surface area contributed by atoms with Gasteiger partial charge in [-0.3, -0.25) is 14.6 Å². The van der Waals surface area contributed by atoms with E-state index in [0.29, 0.717) is 12.4 Å². The fourth-order valence-electron chi connectivity index (χ4n) is 4.67. The zero-order valence-electron chi connectivity index (χ0n) is 19.7. The number of hydrogen-bond donors (Lipinski definition) is 0. The molecule has 0 fully saturated rings. The number of carbonyl (C=O) groups is 1. The minimum Gasteiger partial charge on any atom is -0.494 e. The molecule has 0 spiro atoms. The molecule has 1 amide bonds. The number of anilines is 1. The van der Waals surface area contributed by atoms with Gasteiger partial charge in [0.15, 0.2) is 0 Å². The Bertz CT molecular complexity index is 1190. The Morgan fingerprint density at radius 1 is 0.912 bits per heavy atom. The van der Waals surface area contributed by atoms with Gasteiger partial charge in [0.25, 0.3) is 5.91 Å². The maximum absolute atomic E-state index is 13.5. The van der Waals surface area contributed by atoms with Crippen molar-refractivity contribution in [3.63, 3.8) is 0 Å². The van der Waals surface area contributed by atoms with Crippen molar-refractivity contribution in [1.82, 2.24) is 4.90 Å². The summed E-state index contributed by atoms with van der Waals surface area (Å²) in [5.41, 5.74) is 5.84. The number of unbranched alkanes of at least 4 members (excludes halogenated alkanes) is 2. The molecule has 0 bridgehead atoms. The van der Waals surface area contributed by atoms with E-state index < -0.39 is 0 Å². The maximum atomic E-state index is 13.5. The number of rotatable bonds is 8. The molecule has 0 saturated heterocycles. The smallest absolute Gasteiger partial charge is 0.278 e. The van der Waals surface area contributed by atoms with Crippen molar-refractivity contribution in [2.24, 2.45) is 4.99 Å². The lowest BCUT2D eigenvalue weighted by molar-refractivity contribution is -0.112. The van der Waals surface area contributed by atoms with Crippen LogP contribution in [-0.4, -0.2) is 36.3 Å². The number of hydrogen-bond acceptors (Lipinski definition) is 4.